The standard InChI is InChI=1S/C26H30F12O6/c1-13(2)17(39)43-19(5,15-8-6-7-9-15)22(25(33,34)35,26(36,37)38)42-16-10-11-20(12-16,44-18(40)14(3)4)21(41,23(27,28)29)24(30,31)32/h15-16,41H,1,3,6-12H2,2,4-5H3. The Morgan fingerprint density at radius 1 is 0.750 bits per heavy atom. The van der Waals surface area contributed by atoms with Gasteiger partial charge in [-0.15, -0.1) is 0 Å². The number of carbonyl (C=O) groups is 2. The van der Waals surface area contributed by atoms with E-state index in [9.17, 15) is 67.4 Å². The second-order valence-electron chi connectivity index (χ2n) is 11.3. The molecule has 1 N–H and O–H groups in total. The van der Waals surface area contributed by atoms with Crippen molar-refractivity contribution in [3.8, 4) is 0 Å². The molecular weight excluding hydrogens is 636 g/mol. The molecule has 0 saturated heterocycles. The first kappa shape index (κ1) is 37.7. The number of hydrogen-bond donors (Lipinski definition) is 1. The molecule has 0 aromatic rings. The highest BCUT2D eigenvalue weighted by Crippen LogP contribution is 2.62. The molecule has 2 saturated carbocycles. The summed E-state index contributed by atoms with van der Waals surface area (Å²) < 4.78 is 187. The van der Waals surface area contributed by atoms with Crippen molar-refractivity contribution < 1.29 is 81.6 Å². The number of carbonyl (C=O) groups excluding carboxylic acids is 2. The summed E-state index contributed by atoms with van der Waals surface area (Å²) in [5.41, 5.74) is -20.8. The van der Waals surface area contributed by atoms with Crippen LogP contribution in [0.1, 0.15) is 65.7 Å². The fourth-order valence-electron chi connectivity index (χ4n) is 5.93. The molecule has 0 spiro atoms. The molecular formula is C26H30F12O6. The van der Waals surface area contributed by atoms with Gasteiger partial charge in [0.25, 0.3) is 11.2 Å². The Morgan fingerprint density at radius 3 is 1.55 bits per heavy atom. The maximum atomic E-state index is 14.9. The third-order valence-electron chi connectivity index (χ3n) is 8.17. The largest absolute Gasteiger partial charge is 0.452 e. The van der Waals surface area contributed by atoms with Crippen molar-refractivity contribution in [3.05, 3.63) is 24.3 Å². The van der Waals surface area contributed by atoms with Gasteiger partial charge in [0.15, 0.2) is 11.2 Å². The topological polar surface area (TPSA) is 82.1 Å². The van der Waals surface area contributed by atoms with Gasteiger partial charge < -0.3 is 19.3 Å². The number of hydrogen-bond acceptors (Lipinski definition) is 6. The van der Waals surface area contributed by atoms with Gasteiger partial charge in [-0.3, -0.25) is 0 Å². The first-order chi connectivity index (χ1) is 19.5. The number of halogens is 12. The molecule has 0 aromatic carbocycles. The Labute approximate surface area is 243 Å². The van der Waals surface area contributed by atoms with Crippen LogP contribution in [0, 0.1) is 5.92 Å². The Balaban J connectivity index is 2.87. The van der Waals surface area contributed by atoms with E-state index in [0.717, 1.165) is 13.8 Å². The van der Waals surface area contributed by atoms with E-state index in [1.165, 1.54) is 0 Å². The minimum absolute atomic E-state index is 0.0876. The first-order valence-electron chi connectivity index (χ1n) is 13.0. The lowest BCUT2D eigenvalue weighted by Crippen LogP contribution is -2.75. The van der Waals surface area contributed by atoms with Gasteiger partial charge in [0.1, 0.15) is 0 Å². The zero-order chi connectivity index (χ0) is 34.5. The summed E-state index contributed by atoms with van der Waals surface area (Å²) in [6, 6.07) is 0. The zero-order valence-corrected chi connectivity index (χ0v) is 23.5. The maximum Gasteiger partial charge on any atom is 0.430 e. The van der Waals surface area contributed by atoms with Gasteiger partial charge in [0, 0.05) is 23.5 Å². The Hall–Kier alpha value is -2.50. The summed E-state index contributed by atoms with van der Waals surface area (Å²) in [6.07, 6.45) is -35.2. The van der Waals surface area contributed by atoms with E-state index in [-0.39, 0.29) is 32.6 Å². The van der Waals surface area contributed by atoms with Crippen LogP contribution in [0.3, 0.4) is 0 Å². The average Bonchev–Trinajstić information content (AvgIpc) is 3.50. The SMILES string of the molecule is C=C(C)C(=O)OC1(C(O)(C(F)(F)F)C(F)(F)F)CCC(OC(C(F)(F)F)(C(F)(F)F)C(C)(OC(=O)C(=C)C)C2CCCC2)C1. The second kappa shape index (κ2) is 11.7. The van der Waals surface area contributed by atoms with Gasteiger partial charge in [0.2, 0.25) is 0 Å². The summed E-state index contributed by atoms with van der Waals surface area (Å²) in [7, 11) is 0. The van der Waals surface area contributed by atoms with Crippen LogP contribution < -0.4 is 0 Å². The number of rotatable bonds is 9. The molecule has 6 nitrogen and oxygen atoms in total. The van der Waals surface area contributed by atoms with Crippen LogP contribution in [0.15, 0.2) is 24.3 Å². The molecule has 2 aliphatic carbocycles. The number of esters is 2. The van der Waals surface area contributed by atoms with Crippen molar-refractivity contribution in [2.75, 3.05) is 0 Å². The van der Waals surface area contributed by atoms with Crippen LogP contribution in [0.25, 0.3) is 0 Å². The van der Waals surface area contributed by atoms with E-state index in [1.54, 1.807) is 0 Å². The van der Waals surface area contributed by atoms with E-state index in [0.29, 0.717) is 0 Å². The van der Waals surface area contributed by atoms with Crippen LogP contribution in [0.2, 0.25) is 0 Å². The molecule has 3 atom stereocenters. The highest BCUT2D eigenvalue weighted by atomic mass is 19.4. The monoisotopic (exact) mass is 666 g/mol. The average molecular weight is 666 g/mol. The highest BCUT2D eigenvalue weighted by molar-refractivity contribution is 5.88. The molecule has 0 aromatic heterocycles. The van der Waals surface area contributed by atoms with Crippen molar-refractivity contribution >= 4 is 11.9 Å². The summed E-state index contributed by atoms with van der Waals surface area (Å²) >= 11 is 0. The van der Waals surface area contributed by atoms with Crippen molar-refractivity contribution in [1.29, 1.82) is 0 Å². The van der Waals surface area contributed by atoms with Crippen LogP contribution in [-0.4, -0.2) is 70.3 Å². The van der Waals surface area contributed by atoms with Gasteiger partial charge in [-0.25, -0.2) is 9.59 Å². The lowest BCUT2D eigenvalue weighted by atomic mass is 9.72. The molecule has 0 aliphatic heterocycles. The number of alkyl halides is 12. The van der Waals surface area contributed by atoms with E-state index >= 15 is 0 Å². The maximum absolute atomic E-state index is 14.9. The van der Waals surface area contributed by atoms with Gasteiger partial charge in [-0.1, -0.05) is 26.0 Å². The lowest BCUT2D eigenvalue weighted by molar-refractivity contribution is -0.438. The van der Waals surface area contributed by atoms with Crippen molar-refractivity contribution in [1.82, 2.24) is 0 Å². The zero-order valence-electron chi connectivity index (χ0n) is 23.5. The molecule has 44 heavy (non-hydrogen) atoms. The van der Waals surface area contributed by atoms with Gasteiger partial charge in [0.05, 0.1) is 6.10 Å². The molecule has 0 bridgehead atoms. The Kier molecular flexibility index (Phi) is 10.0. The fraction of sp³-hybridized carbons (Fsp3) is 0.769. The molecule has 18 heteroatoms. The van der Waals surface area contributed by atoms with E-state index in [4.69, 9.17) is 4.74 Å². The summed E-state index contributed by atoms with van der Waals surface area (Å²) in [6.45, 7) is 8.09. The molecule has 254 valence electrons. The molecule has 3 unspecified atom stereocenters. The predicted molar refractivity (Wildman–Crippen MR) is 126 cm³/mol. The van der Waals surface area contributed by atoms with Gasteiger partial charge in [-0.2, -0.15) is 52.7 Å². The first-order valence-corrected chi connectivity index (χ1v) is 13.0. The third kappa shape index (κ3) is 6.03. The summed E-state index contributed by atoms with van der Waals surface area (Å²) in [4.78, 5) is 24.6. The Morgan fingerprint density at radius 2 is 1.18 bits per heavy atom. The van der Waals surface area contributed by atoms with Gasteiger partial charge >= 0.3 is 36.6 Å². The number of aliphatic hydroxyl groups is 1. The van der Waals surface area contributed by atoms with Crippen LogP contribution >= 0.6 is 0 Å². The second-order valence-corrected chi connectivity index (χ2v) is 11.3. The Bertz CT molecular complexity index is 1100. The molecule has 0 radical (unpaired) electrons. The van der Waals surface area contributed by atoms with Crippen LogP contribution in [0.4, 0.5) is 52.7 Å². The minimum atomic E-state index is -6.71. The van der Waals surface area contributed by atoms with E-state index < -0.39 is 101 Å². The number of ether oxygens (including phenoxy) is 3. The van der Waals surface area contributed by atoms with Crippen molar-refractivity contribution in [2.45, 2.75) is 119 Å². The van der Waals surface area contributed by atoms with E-state index in [2.05, 4.69) is 22.6 Å². The predicted octanol–water partition coefficient (Wildman–Crippen LogP) is 7.20. The highest BCUT2D eigenvalue weighted by Gasteiger charge is 2.86. The minimum Gasteiger partial charge on any atom is -0.452 e. The van der Waals surface area contributed by atoms with E-state index in [1.807, 2.05) is 0 Å². The fourth-order valence-corrected chi connectivity index (χ4v) is 5.93. The van der Waals surface area contributed by atoms with Crippen LogP contribution in [-0.2, 0) is 23.8 Å². The van der Waals surface area contributed by atoms with Crippen LogP contribution in [0.5, 0.6) is 0 Å². The molecule has 2 rings (SSSR count). The van der Waals surface area contributed by atoms with Gasteiger partial charge in [-0.05, 0) is 46.5 Å². The summed E-state index contributed by atoms with van der Waals surface area (Å²) in [5, 5.41) is 10.2. The molecule has 2 fully saturated rings. The molecule has 2 aliphatic rings. The molecule has 0 amide bonds. The normalized spacial score (nSPS) is 24.1. The summed E-state index contributed by atoms with van der Waals surface area (Å²) in [5.74, 6) is -5.37. The lowest BCUT2D eigenvalue weighted by Gasteiger charge is -2.52. The third-order valence-corrected chi connectivity index (χ3v) is 8.17. The van der Waals surface area contributed by atoms with Crippen molar-refractivity contribution in [3.63, 3.8) is 0 Å². The smallest absolute Gasteiger partial charge is 0.430 e. The molecule has 0 heterocycles. The quantitative estimate of drug-likeness (QED) is 0.159. The van der Waals surface area contributed by atoms with Crippen molar-refractivity contribution in [2.24, 2.45) is 5.92 Å².